The summed E-state index contributed by atoms with van der Waals surface area (Å²) < 4.78 is 66.6. The molecule has 1 aliphatic heterocycles. The molecule has 1 aromatic carbocycles. The van der Waals surface area contributed by atoms with Gasteiger partial charge in [0, 0.05) is 37.0 Å². The molecule has 1 aliphatic rings. The summed E-state index contributed by atoms with van der Waals surface area (Å²) >= 11 is 0. The van der Waals surface area contributed by atoms with E-state index < -0.39 is 29.8 Å². The van der Waals surface area contributed by atoms with Crippen LogP contribution in [-0.2, 0) is 0 Å². The number of amides is 1. The van der Waals surface area contributed by atoms with Crippen molar-refractivity contribution >= 4 is 36.4 Å². The summed E-state index contributed by atoms with van der Waals surface area (Å²) in [7, 11) is 0. The summed E-state index contributed by atoms with van der Waals surface area (Å²) in [5.74, 6) is -2.94. The van der Waals surface area contributed by atoms with Gasteiger partial charge in [0.15, 0.2) is 0 Å². The largest absolute Gasteiger partial charge is 0.408 e. The fourth-order valence-corrected chi connectivity index (χ4v) is 3.40. The van der Waals surface area contributed by atoms with Crippen LogP contribution < -0.4 is 16.0 Å². The molecule has 180 valence electrons. The molecule has 2 atom stereocenters. The Hall–Kier alpha value is -2.68. The topological polar surface area (TPSA) is 95.0 Å². The fraction of sp³-hybridized carbons (Fsp3) is 0.350. The number of rotatable bonds is 4. The number of nitrogens with zero attached hydrogens (tertiary/aromatic N) is 3. The molecular weight excluding hydrogens is 492 g/mol. The van der Waals surface area contributed by atoms with Crippen LogP contribution in [0.3, 0.4) is 0 Å². The van der Waals surface area contributed by atoms with Gasteiger partial charge in [0.25, 0.3) is 5.91 Å². The first kappa shape index (κ1) is 28.4. The Bertz CT molecular complexity index is 1040. The smallest absolute Gasteiger partial charge is 0.369 e. The molecule has 0 saturated carbocycles. The lowest BCUT2D eigenvalue weighted by atomic mass is 9.97. The van der Waals surface area contributed by atoms with Crippen LogP contribution in [0.4, 0.5) is 27.6 Å². The lowest BCUT2D eigenvalue weighted by Gasteiger charge is -2.26. The van der Waals surface area contributed by atoms with Gasteiger partial charge in [-0.05, 0) is 31.0 Å². The van der Waals surface area contributed by atoms with Gasteiger partial charge in [-0.3, -0.25) is 4.79 Å². The maximum absolute atomic E-state index is 13.9. The predicted molar refractivity (Wildman–Crippen MR) is 117 cm³/mol. The van der Waals surface area contributed by atoms with Crippen molar-refractivity contribution in [3.05, 3.63) is 47.3 Å². The number of nitrogens with two attached hydrogens (primary N) is 1. The van der Waals surface area contributed by atoms with Crippen molar-refractivity contribution in [2.75, 3.05) is 18.0 Å². The van der Waals surface area contributed by atoms with Crippen LogP contribution in [-0.4, -0.2) is 42.2 Å². The monoisotopic (exact) mass is 511 g/mol. The van der Waals surface area contributed by atoms with Gasteiger partial charge in [-0.25, -0.2) is 13.8 Å². The third-order valence-electron chi connectivity index (χ3n) is 4.93. The van der Waals surface area contributed by atoms with Gasteiger partial charge in [0.05, 0.1) is 11.3 Å². The molecule has 1 fully saturated rings. The van der Waals surface area contributed by atoms with E-state index in [-0.39, 0.29) is 65.5 Å². The molecule has 33 heavy (non-hydrogen) atoms. The number of aromatic nitrogens is 1. The molecule has 3 rings (SSSR count). The van der Waals surface area contributed by atoms with Gasteiger partial charge in [-0.15, -0.1) is 24.8 Å². The normalized spacial score (nSPS) is 16.3. The van der Waals surface area contributed by atoms with Gasteiger partial charge < -0.3 is 16.0 Å². The van der Waals surface area contributed by atoms with Crippen molar-refractivity contribution in [1.82, 2.24) is 10.3 Å². The molecule has 0 bridgehead atoms. The van der Waals surface area contributed by atoms with Crippen LogP contribution in [0.15, 0.2) is 24.4 Å². The van der Waals surface area contributed by atoms with Crippen LogP contribution in [0.5, 0.6) is 0 Å². The SMILES string of the molecule is C[C@H](NC(=O)c1cnc(C#N)c(-c2cc(F)cc(F)c2)c1N1CCC(N)C1)C(F)(F)F.Cl.Cl. The molecule has 3 N–H and O–H groups in total. The molecular formula is C20H20Cl2F5N5O. The van der Waals surface area contributed by atoms with E-state index in [0.717, 1.165) is 25.3 Å². The second-order valence-electron chi connectivity index (χ2n) is 7.25. The van der Waals surface area contributed by atoms with Gasteiger partial charge in [0.1, 0.15) is 29.4 Å². The minimum atomic E-state index is -4.68. The van der Waals surface area contributed by atoms with Crippen LogP contribution >= 0.6 is 24.8 Å². The van der Waals surface area contributed by atoms with Crippen LogP contribution in [0.2, 0.25) is 0 Å². The third-order valence-corrected chi connectivity index (χ3v) is 4.93. The Morgan fingerprint density at radius 2 is 1.88 bits per heavy atom. The molecule has 1 amide bonds. The van der Waals surface area contributed by atoms with Crippen molar-refractivity contribution in [1.29, 1.82) is 5.26 Å². The number of hydrogen-bond acceptors (Lipinski definition) is 5. The van der Waals surface area contributed by atoms with Crippen LogP contribution in [0, 0.1) is 23.0 Å². The van der Waals surface area contributed by atoms with E-state index in [2.05, 4.69) is 4.98 Å². The highest BCUT2D eigenvalue weighted by Crippen LogP contribution is 2.38. The second-order valence-corrected chi connectivity index (χ2v) is 7.25. The predicted octanol–water partition coefficient (Wildman–Crippen LogP) is 3.96. The zero-order chi connectivity index (χ0) is 22.9. The summed E-state index contributed by atoms with van der Waals surface area (Å²) in [6.07, 6.45) is -3.18. The summed E-state index contributed by atoms with van der Waals surface area (Å²) in [6, 6.07) is 1.92. The quantitative estimate of drug-likeness (QED) is 0.605. The third kappa shape index (κ3) is 6.22. The number of nitriles is 1. The summed E-state index contributed by atoms with van der Waals surface area (Å²) in [6.45, 7) is 1.34. The van der Waals surface area contributed by atoms with Gasteiger partial charge in [-0.2, -0.15) is 18.4 Å². The number of hydrogen-bond donors (Lipinski definition) is 2. The average Bonchev–Trinajstić information content (AvgIpc) is 3.11. The number of anilines is 1. The van der Waals surface area contributed by atoms with E-state index in [1.165, 1.54) is 0 Å². The molecule has 13 heteroatoms. The van der Waals surface area contributed by atoms with Crippen molar-refractivity contribution < 1.29 is 26.7 Å². The van der Waals surface area contributed by atoms with E-state index in [1.54, 1.807) is 4.90 Å². The number of halogens is 7. The zero-order valence-corrected chi connectivity index (χ0v) is 18.8. The Morgan fingerprint density at radius 1 is 1.27 bits per heavy atom. The molecule has 2 aromatic rings. The first-order valence-electron chi connectivity index (χ1n) is 9.29. The van der Waals surface area contributed by atoms with Crippen molar-refractivity contribution in [2.24, 2.45) is 5.73 Å². The summed E-state index contributed by atoms with van der Waals surface area (Å²) in [4.78, 5) is 18.2. The molecule has 1 unspecified atom stereocenters. The Labute approximate surface area is 198 Å². The number of alkyl halides is 3. The van der Waals surface area contributed by atoms with Crippen molar-refractivity contribution in [3.63, 3.8) is 0 Å². The molecule has 1 aromatic heterocycles. The first-order valence-corrected chi connectivity index (χ1v) is 9.29. The maximum Gasteiger partial charge on any atom is 0.408 e. The van der Waals surface area contributed by atoms with Crippen molar-refractivity contribution in [2.45, 2.75) is 31.6 Å². The molecule has 2 heterocycles. The van der Waals surface area contributed by atoms with Crippen molar-refractivity contribution in [3.8, 4) is 17.2 Å². The van der Waals surface area contributed by atoms with Gasteiger partial charge in [0.2, 0.25) is 0 Å². The van der Waals surface area contributed by atoms with Gasteiger partial charge in [-0.1, -0.05) is 0 Å². The Kier molecular flexibility index (Phi) is 9.42. The second kappa shape index (κ2) is 11.0. The van der Waals surface area contributed by atoms with Crippen LogP contribution in [0.25, 0.3) is 11.1 Å². The number of benzene rings is 1. The van der Waals surface area contributed by atoms with E-state index in [9.17, 15) is 32.0 Å². The number of carbonyl (C=O) groups excluding carboxylic acids is 1. The minimum absolute atomic E-state index is 0. The molecule has 0 spiro atoms. The molecule has 1 saturated heterocycles. The van der Waals surface area contributed by atoms with Gasteiger partial charge >= 0.3 is 6.18 Å². The maximum atomic E-state index is 13.9. The highest BCUT2D eigenvalue weighted by Gasteiger charge is 2.38. The zero-order valence-electron chi connectivity index (χ0n) is 17.1. The number of pyridine rings is 1. The standard InChI is InChI=1S/C20H18F5N5O.2ClH/c1-10(20(23,24)25)29-19(31)15-8-28-16(7-26)17(11-4-12(21)6-13(22)5-11)18(15)30-3-2-14(27)9-30;;/h4-6,8,10,14H,2-3,9,27H2,1H3,(H,29,31);2*1H/t10-,14?;;/m0../s1. The average molecular weight is 512 g/mol. The summed E-state index contributed by atoms with van der Waals surface area (Å²) in [5.41, 5.74) is 5.37. The first-order chi connectivity index (χ1) is 14.5. The number of carbonyl (C=O) groups is 1. The van der Waals surface area contributed by atoms with Crippen LogP contribution in [0.1, 0.15) is 29.4 Å². The lowest BCUT2D eigenvalue weighted by Crippen LogP contribution is -2.43. The fourth-order valence-electron chi connectivity index (χ4n) is 3.40. The Balaban J connectivity index is 0.00000272. The molecule has 0 aliphatic carbocycles. The van der Waals surface area contributed by atoms with E-state index in [1.807, 2.05) is 11.4 Å². The number of nitrogens with one attached hydrogen (secondary N) is 1. The van der Waals surface area contributed by atoms with E-state index in [4.69, 9.17) is 5.73 Å². The Morgan fingerprint density at radius 3 is 2.36 bits per heavy atom. The minimum Gasteiger partial charge on any atom is -0.369 e. The lowest BCUT2D eigenvalue weighted by molar-refractivity contribution is -0.149. The molecule has 0 radical (unpaired) electrons. The van der Waals surface area contributed by atoms with E-state index >= 15 is 0 Å². The highest BCUT2D eigenvalue weighted by atomic mass is 35.5. The molecule has 6 nitrogen and oxygen atoms in total. The highest BCUT2D eigenvalue weighted by molar-refractivity contribution is 6.04. The summed E-state index contributed by atoms with van der Waals surface area (Å²) in [5, 5.41) is 11.4. The van der Waals surface area contributed by atoms with E-state index in [0.29, 0.717) is 19.0 Å².